The van der Waals surface area contributed by atoms with Crippen LogP contribution in [0, 0.1) is 0 Å². The first-order valence-corrected chi connectivity index (χ1v) is 3.42. The molecule has 0 aliphatic carbocycles. The van der Waals surface area contributed by atoms with Crippen LogP contribution >= 0.6 is 0 Å². The fraction of sp³-hybridized carbons (Fsp3) is 0. The first-order valence-electron chi connectivity index (χ1n) is 2.09. The maximum absolute atomic E-state index is 9.84. The van der Waals surface area contributed by atoms with Crippen molar-refractivity contribution in [2.24, 2.45) is 0 Å². The van der Waals surface area contributed by atoms with Crippen LogP contribution in [0.25, 0.3) is 0 Å². The largest absolute Gasteiger partial charge is 0.716 e. The minimum Gasteiger partial charge on any atom is -0.716 e. The molecule has 0 aliphatic heterocycles. The Balaban J connectivity index is 0.000001000. The van der Waals surface area contributed by atoms with Crippen molar-refractivity contribution in [2.45, 2.75) is 0 Å². The van der Waals surface area contributed by atoms with Crippen molar-refractivity contribution in [3.05, 3.63) is 6.20 Å². The van der Waals surface area contributed by atoms with Crippen LogP contribution in [0.4, 0.5) is 0 Å². The Bertz CT molecular complexity index is 290. The van der Waals surface area contributed by atoms with E-state index in [9.17, 15) is 13.0 Å². The van der Waals surface area contributed by atoms with Crippen LogP contribution in [0.15, 0.2) is 6.20 Å². The predicted molar refractivity (Wildman–Crippen MR) is 32.7 cm³/mol. The third-order valence-corrected chi connectivity index (χ3v) is 0.955. The Labute approximate surface area is 62.1 Å². The zero-order valence-electron chi connectivity index (χ0n) is 5.51. The average molecular weight is 182 g/mol. The second-order valence-corrected chi connectivity index (χ2v) is 2.28. The van der Waals surface area contributed by atoms with Gasteiger partial charge in [-0.3, -0.25) is 0 Å². The van der Waals surface area contributed by atoms with Crippen LogP contribution in [-0.4, -0.2) is 28.4 Å². The number of hydrogen-bond donors (Lipinski definition) is 2. The van der Waals surface area contributed by atoms with E-state index in [1.54, 1.807) is 0 Å². The van der Waals surface area contributed by atoms with Gasteiger partial charge in [0.25, 0.3) is 16.3 Å². The van der Waals surface area contributed by atoms with Crippen LogP contribution in [0.1, 0.15) is 0 Å². The monoisotopic (exact) mass is 182 g/mol. The minimum absolute atomic E-state index is 0. The lowest BCUT2D eigenvalue weighted by molar-refractivity contribution is 0.367. The smallest absolute Gasteiger partial charge is 0.270 e. The van der Waals surface area contributed by atoms with Gasteiger partial charge in [0.05, 0.1) is 0 Å². The number of nitrogens with one attached hydrogen (secondary N) is 1. The van der Waals surface area contributed by atoms with Gasteiger partial charge in [-0.1, -0.05) is 0 Å². The zero-order valence-corrected chi connectivity index (χ0v) is 6.33. The van der Waals surface area contributed by atoms with Gasteiger partial charge in [0.1, 0.15) is 6.20 Å². The van der Waals surface area contributed by atoms with Crippen molar-refractivity contribution >= 4 is 10.4 Å². The van der Waals surface area contributed by atoms with E-state index in [0.29, 0.717) is 0 Å². The maximum atomic E-state index is 9.84. The fourth-order valence-electron chi connectivity index (χ4n) is 0.336. The molecule has 0 saturated heterocycles. The number of rotatable bonds is 2. The summed E-state index contributed by atoms with van der Waals surface area (Å²) in [5.74, 6) is -0.366. The normalized spacial score (nSPS) is 10.3. The molecule has 1 rings (SSSR count). The van der Waals surface area contributed by atoms with E-state index in [1.165, 1.54) is 0 Å². The molecule has 11 heavy (non-hydrogen) atoms. The number of aromatic nitrogens is 3. The van der Waals surface area contributed by atoms with E-state index in [1.807, 2.05) is 5.21 Å². The average Bonchev–Trinajstić information content (AvgIpc) is 2.12. The summed E-state index contributed by atoms with van der Waals surface area (Å²) in [4.78, 5) is 0. The second-order valence-electron chi connectivity index (χ2n) is 1.30. The van der Waals surface area contributed by atoms with Crippen LogP contribution in [0.5, 0.6) is 5.88 Å². The van der Waals surface area contributed by atoms with E-state index in [4.69, 9.17) is 0 Å². The summed E-state index contributed by atoms with van der Waals surface area (Å²) in [6.07, 6.45) is 0.968. The zero-order chi connectivity index (χ0) is 7.61. The van der Waals surface area contributed by atoms with E-state index in [-0.39, 0.29) is 12.0 Å². The van der Waals surface area contributed by atoms with E-state index >= 15 is 0 Å². The number of nitrogens with zero attached hydrogens (tertiary/aromatic N) is 2. The first kappa shape index (κ1) is 9.81. The summed E-state index contributed by atoms with van der Waals surface area (Å²) < 4.78 is 33.3. The standard InChI is InChI=1S/C2H3N3O4S.H3N/c6-10(7,8)9-2-1-3-5-4-2;/h1H,(H,3,4,5)(H,6,7,8);1H3. The third-order valence-electron chi connectivity index (χ3n) is 0.580. The summed E-state index contributed by atoms with van der Waals surface area (Å²) in [7, 11) is -4.72. The molecule has 0 amide bonds. The molecule has 0 atom stereocenters. The van der Waals surface area contributed by atoms with Gasteiger partial charge >= 0.3 is 0 Å². The number of quaternary nitrogens is 1. The lowest BCUT2D eigenvalue weighted by atomic mass is 10.9. The summed E-state index contributed by atoms with van der Waals surface area (Å²) in [5.41, 5.74) is 0. The molecule has 8 nitrogen and oxygen atoms in total. The molecule has 1 aromatic rings. The molecule has 0 fully saturated rings. The highest BCUT2D eigenvalue weighted by Gasteiger charge is 1.99. The molecule has 0 spiro atoms. The van der Waals surface area contributed by atoms with Gasteiger partial charge in [-0.15, -0.1) is 5.10 Å². The Hall–Kier alpha value is -1.19. The van der Waals surface area contributed by atoms with Gasteiger partial charge in [0.15, 0.2) is 0 Å². The maximum Gasteiger partial charge on any atom is 0.270 e. The molecule has 0 radical (unpaired) electrons. The highest BCUT2D eigenvalue weighted by Crippen LogP contribution is 2.01. The molecule has 0 unspecified atom stereocenters. The molecule has 0 aromatic carbocycles. The molecule has 0 bridgehead atoms. The van der Waals surface area contributed by atoms with Crippen LogP contribution in [0.3, 0.4) is 0 Å². The lowest BCUT2D eigenvalue weighted by Crippen LogP contribution is -2.07. The molecular formula is C2H6N4O4S. The third kappa shape index (κ3) is 3.50. The van der Waals surface area contributed by atoms with Gasteiger partial charge < -0.3 is 14.9 Å². The molecular weight excluding hydrogens is 176 g/mol. The predicted octanol–water partition coefficient (Wildman–Crippen LogP) is -0.980. The summed E-state index contributed by atoms with van der Waals surface area (Å²) in [6.45, 7) is 0. The fourth-order valence-corrected chi connectivity index (χ4v) is 0.625. The molecule has 0 aliphatic rings. The lowest BCUT2D eigenvalue weighted by Gasteiger charge is -2.03. The number of hydrogen-bond acceptors (Lipinski definition) is 6. The Morgan fingerprint density at radius 3 is 2.64 bits per heavy atom. The van der Waals surface area contributed by atoms with Gasteiger partial charge in [0, 0.05) is 0 Å². The molecule has 5 N–H and O–H groups in total. The number of H-pyrrole nitrogens is 1. The van der Waals surface area contributed by atoms with Crippen molar-refractivity contribution in [3.63, 3.8) is 0 Å². The van der Waals surface area contributed by atoms with Crippen LogP contribution in [-0.2, 0) is 10.4 Å². The molecule has 9 heteroatoms. The van der Waals surface area contributed by atoms with Crippen molar-refractivity contribution in [2.75, 3.05) is 0 Å². The van der Waals surface area contributed by atoms with Crippen molar-refractivity contribution in [3.8, 4) is 5.88 Å². The SMILES string of the molecule is O=S(=O)([O-])Oc1cn[nH]n1.[NH4+]. The highest BCUT2D eigenvalue weighted by atomic mass is 32.3. The van der Waals surface area contributed by atoms with E-state index in [0.717, 1.165) is 6.20 Å². The van der Waals surface area contributed by atoms with Crippen molar-refractivity contribution < 1.29 is 17.2 Å². The Morgan fingerprint density at radius 2 is 2.27 bits per heavy atom. The Kier molecular flexibility index (Phi) is 2.92. The molecule has 1 aromatic heterocycles. The van der Waals surface area contributed by atoms with Crippen molar-refractivity contribution in [1.82, 2.24) is 21.6 Å². The van der Waals surface area contributed by atoms with Crippen molar-refractivity contribution in [1.29, 1.82) is 0 Å². The highest BCUT2D eigenvalue weighted by molar-refractivity contribution is 7.81. The first-order chi connectivity index (χ1) is 4.58. The molecule has 64 valence electrons. The Morgan fingerprint density at radius 1 is 1.64 bits per heavy atom. The minimum atomic E-state index is -4.72. The van der Waals surface area contributed by atoms with E-state index in [2.05, 4.69) is 14.4 Å². The molecule has 0 saturated carbocycles. The van der Waals surface area contributed by atoms with Crippen LogP contribution < -0.4 is 10.3 Å². The van der Waals surface area contributed by atoms with E-state index < -0.39 is 10.4 Å². The summed E-state index contributed by atoms with van der Waals surface area (Å²) in [5, 5.41) is 8.43. The number of aromatic amines is 1. The summed E-state index contributed by atoms with van der Waals surface area (Å²) >= 11 is 0. The molecule has 1 heterocycles. The van der Waals surface area contributed by atoms with Gasteiger partial charge in [-0.25, -0.2) is 8.42 Å². The quantitative estimate of drug-likeness (QED) is 0.444. The van der Waals surface area contributed by atoms with Gasteiger partial charge in [0.2, 0.25) is 0 Å². The van der Waals surface area contributed by atoms with Gasteiger partial charge in [-0.05, 0) is 0 Å². The summed E-state index contributed by atoms with van der Waals surface area (Å²) in [6, 6.07) is 0. The van der Waals surface area contributed by atoms with Gasteiger partial charge in [-0.2, -0.15) is 10.3 Å². The topological polar surface area (TPSA) is 144 Å². The second kappa shape index (κ2) is 3.27. The van der Waals surface area contributed by atoms with Crippen LogP contribution in [0.2, 0.25) is 0 Å².